The van der Waals surface area contributed by atoms with Crippen molar-refractivity contribution in [1.82, 2.24) is 4.90 Å². The zero-order chi connectivity index (χ0) is 13.3. The van der Waals surface area contributed by atoms with Gasteiger partial charge in [-0.15, -0.1) is 0 Å². The maximum absolute atomic E-state index is 12.2. The number of nitrogens with zero attached hydrogens (tertiary/aromatic N) is 1. The monoisotopic (exact) mass is 379 g/mol. The van der Waals surface area contributed by atoms with E-state index in [-0.39, 0.29) is 18.5 Å². The first-order valence-corrected chi connectivity index (χ1v) is 6.92. The molecule has 18 heavy (non-hydrogen) atoms. The molecule has 0 aliphatic heterocycles. The van der Waals surface area contributed by atoms with E-state index >= 15 is 0 Å². The zero-order valence-corrected chi connectivity index (χ0v) is 12.3. The van der Waals surface area contributed by atoms with Crippen LogP contribution in [0.25, 0.3) is 0 Å². The van der Waals surface area contributed by atoms with Gasteiger partial charge in [-0.25, -0.2) is 0 Å². The fourth-order valence-corrected chi connectivity index (χ4v) is 2.21. The summed E-state index contributed by atoms with van der Waals surface area (Å²) < 4.78 is 0.863. The second kappa shape index (κ2) is 5.44. The third kappa shape index (κ3) is 3.14. The normalized spacial score (nSPS) is 14.3. The minimum Gasteiger partial charge on any atom is -0.480 e. The van der Waals surface area contributed by atoms with Crippen LogP contribution in [-0.2, 0) is 4.79 Å². The van der Waals surface area contributed by atoms with Gasteiger partial charge in [0.25, 0.3) is 5.91 Å². The standard InChI is InChI=1S/C12H11ClINO3/c13-9-5-7(1-4-10(9)14)12(18)15(6-11(16)17)8-2-3-8/h1,4-5,8H,2-3,6H2,(H,16,17). The Labute approximate surface area is 123 Å². The number of halogens is 2. The number of hydrogen-bond donors (Lipinski definition) is 1. The zero-order valence-electron chi connectivity index (χ0n) is 9.40. The van der Waals surface area contributed by atoms with Crippen LogP contribution in [0.5, 0.6) is 0 Å². The number of aliphatic carboxylic acids is 1. The lowest BCUT2D eigenvalue weighted by atomic mass is 10.2. The minimum absolute atomic E-state index is 0.0617. The van der Waals surface area contributed by atoms with Crippen LogP contribution < -0.4 is 0 Å². The third-order valence-corrected chi connectivity index (χ3v) is 4.29. The molecule has 0 spiro atoms. The summed E-state index contributed by atoms with van der Waals surface area (Å²) in [5.74, 6) is -1.26. The average molecular weight is 380 g/mol. The Hall–Kier alpha value is -0.820. The van der Waals surface area contributed by atoms with Gasteiger partial charge in [-0.2, -0.15) is 0 Å². The van der Waals surface area contributed by atoms with Crippen LogP contribution in [-0.4, -0.2) is 34.5 Å². The van der Waals surface area contributed by atoms with Crippen molar-refractivity contribution in [2.75, 3.05) is 6.54 Å². The molecule has 1 aromatic rings. The number of carbonyl (C=O) groups is 2. The van der Waals surface area contributed by atoms with E-state index in [9.17, 15) is 9.59 Å². The van der Waals surface area contributed by atoms with Gasteiger partial charge < -0.3 is 10.0 Å². The van der Waals surface area contributed by atoms with Crippen LogP contribution >= 0.6 is 34.2 Å². The first-order chi connectivity index (χ1) is 8.49. The molecule has 96 valence electrons. The van der Waals surface area contributed by atoms with E-state index < -0.39 is 5.97 Å². The molecule has 1 N–H and O–H groups in total. The second-order valence-corrected chi connectivity index (χ2v) is 5.76. The lowest BCUT2D eigenvalue weighted by molar-refractivity contribution is -0.137. The van der Waals surface area contributed by atoms with Crippen molar-refractivity contribution in [1.29, 1.82) is 0 Å². The number of carboxylic acid groups (broad SMARTS) is 1. The molecule has 1 amide bonds. The smallest absolute Gasteiger partial charge is 0.323 e. The van der Waals surface area contributed by atoms with Crippen LogP contribution in [0.2, 0.25) is 5.02 Å². The van der Waals surface area contributed by atoms with E-state index in [2.05, 4.69) is 22.6 Å². The summed E-state index contributed by atoms with van der Waals surface area (Å²) >= 11 is 8.05. The molecule has 2 rings (SSSR count). The quantitative estimate of drug-likeness (QED) is 0.818. The molecule has 0 saturated heterocycles. The molecule has 1 aliphatic rings. The molecular weight excluding hydrogens is 368 g/mol. The second-order valence-electron chi connectivity index (χ2n) is 4.19. The molecule has 4 nitrogen and oxygen atoms in total. The van der Waals surface area contributed by atoms with Crippen LogP contribution in [0, 0.1) is 3.57 Å². The molecule has 0 radical (unpaired) electrons. The van der Waals surface area contributed by atoms with Gasteiger partial charge in [0.1, 0.15) is 6.54 Å². The molecule has 1 aliphatic carbocycles. The maximum Gasteiger partial charge on any atom is 0.323 e. The summed E-state index contributed by atoms with van der Waals surface area (Å²) in [6.07, 6.45) is 1.74. The lowest BCUT2D eigenvalue weighted by Gasteiger charge is -2.20. The van der Waals surface area contributed by atoms with Crippen molar-refractivity contribution >= 4 is 46.1 Å². The van der Waals surface area contributed by atoms with Crippen molar-refractivity contribution in [3.63, 3.8) is 0 Å². The molecule has 0 unspecified atom stereocenters. The van der Waals surface area contributed by atoms with E-state index in [0.717, 1.165) is 16.4 Å². The van der Waals surface area contributed by atoms with Gasteiger partial charge in [-0.05, 0) is 53.6 Å². The Bertz CT molecular complexity index is 502. The van der Waals surface area contributed by atoms with Gasteiger partial charge in [0.15, 0.2) is 0 Å². The predicted octanol–water partition coefficient (Wildman–Crippen LogP) is 2.63. The highest BCUT2D eigenvalue weighted by atomic mass is 127. The number of amides is 1. The van der Waals surface area contributed by atoms with Crippen molar-refractivity contribution in [2.24, 2.45) is 0 Å². The van der Waals surface area contributed by atoms with E-state index in [1.54, 1.807) is 18.2 Å². The molecule has 1 saturated carbocycles. The van der Waals surface area contributed by atoms with Crippen LogP contribution in [0.1, 0.15) is 23.2 Å². The first kappa shape index (κ1) is 13.6. The Balaban J connectivity index is 2.21. The van der Waals surface area contributed by atoms with Gasteiger partial charge in [0.05, 0.1) is 5.02 Å². The summed E-state index contributed by atoms with van der Waals surface area (Å²) in [6, 6.07) is 5.07. The average Bonchev–Trinajstić information content (AvgIpc) is 3.12. The molecule has 1 fully saturated rings. The highest BCUT2D eigenvalue weighted by Crippen LogP contribution is 2.29. The Morgan fingerprint density at radius 3 is 2.61 bits per heavy atom. The molecule has 0 aromatic heterocycles. The third-order valence-electron chi connectivity index (χ3n) is 2.72. The molecular formula is C12H11ClINO3. The SMILES string of the molecule is O=C(O)CN(C(=O)c1ccc(I)c(Cl)c1)C1CC1. The minimum atomic E-state index is -0.994. The topological polar surface area (TPSA) is 57.6 Å². The highest BCUT2D eigenvalue weighted by molar-refractivity contribution is 14.1. The first-order valence-electron chi connectivity index (χ1n) is 5.47. The summed E-state index contributed by atoms with van der Waals surface area (Å²) in [6.45, 7) is -0.257. The maximum atomic E-state index is 12.2. The van der Waals surface area contributed by atoms with Gasteiger partial charge in [-0.1, -0.05) is 11.6 Å². The molecule has 0 heterocycles. The van der Waals surface area contributed by atoms with Crippen LogP contribution in [0.4, 0.5) is 0 Å². The van der Waals surface area contributed by atoms with Crippen LogP contribution in [0.3, 0.4) is 0 Å². The number of carbonyl (C=O) groups excluding carboxylic acids is 1. The number of rotatable bonds is 4. The van der Waals surface area contributed by atoms with Crippen molar-refractivity contribution in [3.05, 3.63) is 32.4 Å². The predicted molar refractivity (Wildman–Crippen MR) is 75.9 cm³/mol. The fourth-order valence-electron chi connectivity index (χ4n) is 1.69. The van der Waals surface area contributed by atoms with Gasteiger partial charge in [0.2, 0.25) is 0 Å². The summed E-state index contributed by atoms with van der Waals surface area (Å²) in [5, 5.41) is 9.34. The van der Waals surface area contributed by atoms with Crippen molar-refractivity contribution < 1.29 is 14.7 Å². The van der Waals surface area contributed by atoms with E-state index in [0.29, 0.717) is 10.6 Å². The fraction of sp³-hybridized carbons (Fsp3) is 0.333. The van der Waals surface area contributed by atoms with Crippen molar-refractivity contribution in [3.8, 4) is 0 Å². The lowest BCUT2D eigenvalue weighted by Crippen LogP contribution is -2.37. The van der Waals surface area contributed by atoms with E-state index in [1.165, 1.54) is 4.90 Å². The molecule has 0 bridgehead atoms. The van der Waals surface area contributed by atoms with Crippen LogP contribution in [0.15, 0.2) is 18.2 Å². The van der Waals surface area contributed by atoms with E-state index in [1.807, 2.05) is 0 Å². The summed E-state index contributed by atoms with van der Waals surface area (Å²) in [4.78, 5) is 24.4. The largest absolute Gasteiger partial charge is 0.480 e. The Morgan fingerprint density at radius 1 is 1.44 bits per heavy atom. The molecule has 6 heteroatoms. The molecule has 0 atom stereocenters. The van der Waals surface area contributed by atoms with Gasteiger partial charge >= 0.3 is 5.97 Å². The van der Waals surface area contributed by atoms with Gasteiger partial charge in [0, 0.05) is 15.2 Å². The Morgan fingerprint density at radius 2 is 2.11 bits per heavy atom. The summed E-state index contributed by atoms with van der Waals surface area (Å²) in [5.41, 5.74) is 0.438. The number of benzene rings is 1. The Kier molecular flexibility index (Phi) is 4.11. The van der Waals surface area contributed by atoms with Gasteiger partial charge in [-0.3, -0.25) is 9.59 Å². The highest BCUT2D eigenvalue weighted by Gasteiger charge is 2.34. The van der Waals surface area contributed by atoms with Crippen molar-refractivity contribution in [2.45, 2.75) is 18.9 Å². The van der Waals surface area contributed by atoms with E-state index in [4.69, 9.17) is 16.7 Å². The summed E-state index contributed by atoms with van der Waals surface area (Å²) in [7, 11) is 0. The number of hydrogen-bond acceptors (Lipinski definition) is 2. The molecule has 1 aromatic carbocycles. The number of carboxylic acids is 1.